The fraction of sp³-hybridized carbons (Fsp3) is 0.250. The minimum atomic E-state index is -2.33. The molecule has 0 bridgehead atoms. The molecule has 0 saturated carbocycles. The van der Waals surface area contributed by atoms with Crippen LogP contribution in [0.5, 0.6) is 0 Å². The van der Waals surface area contributed by atoms with Crippen LogP contribution in [0.1, 0.15) is 19.8 Å². The number of unbranched alkanes of at least 4 members (excludes halogenated alkanes) is 1. The number of benzene rings is 2. The summed E-state index contributed by atoms with van der Waals surface area (Å²) in [6.07, 6.45) is 2.46. The van der Waals surface area contributed by atoms with Crippen LogP contribution in [0.25, 0.3) is 0 Å². The zero-order valence-electron chi connectivity index (χ0n) is 10.8. The van der Waals surface area contributed by atoms with E-state index in [0.717, 1.165) is 0 Å². The molecule has 2 heteroatoms. The molecule has 2 aromatic carbocycles. The van der Waals surface area contributed by atoms with E-state index in [4.69, 9.17) is 10.4 Å². The molecule has 0 amide bonds. The van der Waals surface area contributed by atoms with E-state index in [0.29, 0.717) is 0 Å². The van der Waals surface area contributed by atoms with Gasteiger partial charge in [0.05, 0.1) is 0 Å². The summed E-state index contributed by atoms with van der Waals surface area (Å²) >= 11 is -2.33. The standard InChI is InChI=1S/C16H19AsS/c1-2-3-14-17(18,15-10-6-4-7-11-15)16-12-8-5-9-13-16/h4-13H,2-3,14H2,1H3. The van der Waals surface area contributed by atoms with Gasteiger partial charge in [-0.15, -0.1) is 0 Å². The maximum absolute atomic E-state index is 6.17. The third-order valence-corrected chi connectivity index (χ3v) is 13.0. The third kappa shape index (κ3) is 2.96. The molecule has 0 N–H and O–H groups in total. The van der Waals surface area contributed by atoms with Crippen molar-refractivity contribution in [2.45, 2.75) is 25.0 Å². The van der Waals surface area contributed by atoms with E-state index in [9.17, 15) is 0 Å². The predicted molar refractivity (Wildman–Crippen MR) is 85.2 cm³/mol. The van der Waals surface area contributed by atoms with Crippen LogP contribution < -0.4 is 8.70 Å². The average Bonchev–Trinajstić information content (AvgIpc) is 2.46. The summed E-state index contributed by atoms with van der Waals surface area (Å²) in [4.78, 5) is 0. The Morgan fingerprint density at radius 2 is 1.28 bits per heavy atom. The zero-order valence-corrected chi connectivity index (χ0v) is 13.4. The van der Waals surface area contributed by atoms with Crippen LogP contribution in [0.15, 0.2) is 60.7 Å². The molecule has 0 aliphatic heterocycles. The summed E-state index contributed by atoms with van der Waals surface area (Å²) in [5, 5.41) is 1.19. The first kappa shape index (κ1) is 13.6. The Kier molecular flexibility index (Phi) is 4.85. The Bertz CT molecular complexity index is 476. The SMILES string of the molecule is CCCC[As](=S)(c1ccccc1)c1ccccc1. The van der Waals surface area contributed by atoms with Crippen molar-refractivity contribution in [2.24, 2.45) is 0 Å². The van der Waals surface area contributed by atoms with Gasteiger partial charge in [-0.3, -0.25) is 0 Å². The molecule has 0 unspecified atom stereocenters. The Labute approximate surface area is 116 Å². The van der Waals surface area contributed by atoms with Gasteiger partial charge in [0, 0.05) is 0 Å². The van der Waals surface area contributed by atoms with Crippen LogP contribution in [0, 0.1) is 0 Å². The van der Waals surface area contributed by atoms with Gasteiger partial charge in [0.15, 0.2) is 0 Å². The van der Waals surface area contributed by atoms with Crippen molar-refractivity contribution in [3.05, 3.63) is 60.7 Å². The second-order valence-corrected chi connectivity index (χ2v) is 13.9. The first-order valence-electron chi connectivity index (χ1n) is 6.47. The van der Waals surface area contributed by atoms with E-state index in [2.05, 4.69) is 67.6 Å². The molecule has 0 nitrogen and oxygen atoms in total. The van der Waals surface area contributed by atoms with Gasteiger partial charge in [-0.25, -0.2) is 0 Å². The Morgan fingerprint density at radius 1 is 0.833 bits per heavy atom. The van der Waals surface area contributed by atoms with E-state index in [-0.39, 0.29) is 0 Å². The molecule has 2 aromatic rings. The van der Waals surface area contributed by atoms with Crippen molar-refractivity contribution in [3.8, 4) is 0 Å². The molecule has 0 radical (unpaired) electrons. The molecule has 0 heterocycles. The molecule has 94 valence electrons. The molecule has 0 aliphatic carbocycles. The van der Waals surface area contributed by atoms with E-state index in [1.165, 1.54) is 26.8 Å². The molecule has 2 rings (SSSR count). The topological polar surface area (TPSA) is 0 Å². The molecule has 0 aliphatic rings. The molecule has 0 fully saturated rings. The van der Waals surface area contributed by atoms with Crippen LogP contribution in [0.2, 0.25) is 5.21 Å². The third-order valence-electron chi connectivity index (χ3n) is 3.17. The van der Waals surface area contributed by atoms with Crippen LogP contribution in [-0.2, 0) is 0 Å². The number of hydrogen-bond donors (Lipinski definition) is 0. The summed E-state index contributed by atoms with van der Waals surface area (Å²) in [6.45, 7) is 2.24. The molecule has 0 aromatic heterocycles. The quantitative estimate of drug-likeness (QED) is 0.757. The Balaban J connectivity index is 2.45. The summed E-state index contributed by atoms with van der Waals surface area (Å²) in [5.41, 5.74) is 0. The first-order valence-corrected chi connectivity index (χ1v) is 12.3. The minimum absolute atomic E-state index is 1.19. The van der Waals surface area contributed by atoms with Crippen molar-refractivity contribution in [1.82, 2.24) is 0 Å². The fourth-order valence-electron chi connectivity index (χ4n) is 2.13. The summed E-state index contributed by atoms with van der Waals surface area (Å²) in [7, 11) is 6.17. The van der Waals surface area contributed by atoms with Gasteiger partial charge in [-0.2, -0.15) is 0 Å². The summed E-state index contributed by atoms with van der Waals surface area (Å²) in [5.74, 6) is 0. The van der Waals surface area contributed by atoms with Gasteiger partial charge >= 0.3 is 117 Å². The number of rotatable bonds is 5. The van der Waals surface area contributed by atoms with Crippen LogP contribution in [0.3, 0.4) is 0 Å². The maximum atomic E-state index is 6.17. The molecule has 0 atom stereocenters. The van der Waals surface area contributed by atoms with Gasteiger partial charge in [0.2, 0.25) is 0 Å². The number of hydrogen-bond acceptors (Lipinski definition) is 1. The summed E-state index contributed by atoms with van der Waals surface area (Å²) < 4.78 is 2.82. The Hall–Kier alpha value is -0.782. The molecular weight excluding hydrogens is 299 g/mol. The van der Waals surface area contributed by atoms with Gasteiger partial charge < -0.3 is 0 Å². The van der Waals surface area contributed by atoms with Crippen molar-refractivity contribution in [1.29, 1.82) is 0 Å². The monoisotopic (exact) mass is 318 g/mol. The first-order chi connectivity index (χ1) is 8.77. The average molecular weight is 318 g/mol. The van der Waals surface area contributed by atoms with Crippen LogP contribution in [0.4, 0.5) is 0 Å². The summed E-state index contributed by atoms with van der Waals surface area (Å²) in [6, 6.07) is 21.5. The normalized spacial score (nSPS) is 11.4. The van der Waals surface area contributed by atoms with E-state index < -0.39 is 11.9 Å². The van der Waals surface area contributed by atoms with E-state index in [1.807, 2.05) is 0 Å². The van der Waals surface area contributed by atoms with Gasteiger partial charge in [-0.05, 0) is 0 Å². The second kappa shape index (κ2) is 6.40. The predicted octanol–water partition coefficient (Wildman–Crippen LogP) is 3.74. The molecule has 0 saturated heterocycles. The second-order valence-electron chi connectivity index (χ2n) is 4.49. The molecule has 0 spiro atoms. The van der Waals surface area contributed by atoms with Crippen LogP contribution in [-0.4, -0.2) is 11.9 Å². The van der Waals surface area contributed by atoms with Gasteiger partial charge in [0.1, 0.15) is 0 Å². The van der Waals surface area contributed by atoms with Crippen molar-refractivity contribution in [3.63, 3.8) is 0 Å². The van der Waals surface area contributed by atoms with Gasteiger partial charge in [-0.1, -0.05) is 0 Å². The van der Waals surface area contributed by atoms with E-state index >= 15 is 0 Å². The molecule has 18 heavy (non-hydrogen) atoms. The van der Waals surface area contributed by atoms with Crippen molar-refractivity contribution < 1.29 is 0 Å². The fourth-order valence-corrected chi connectivity index (χ4v) is 10.1. The molecular formula is C16H19AsS. The Morgan fingerprint density at radius 3 is 1.67 bits per heavy atom. The van der Waals surface area contributed by atoms with Gasteiger partial charge in [0.25, 0.3) is 0 Å². The zero-order chi connectivity index (χ0) is 12.8. The van der Waals surface area contributed by atoms with Crippen molar-refractivity contribution in [2.75, 3.05) is 0 Å². The van der Waals surface area contributed by atoms with Crippen LogP contribution >= 0.6 is 10.4 Å². The van der Waals surface area contributed by atoms with Crippen molar-refractivity contribution >= 4 is 31.0 Å². The van der Waals surface area contributed by atoms with E-state index in [1.54, 1.807) is 0 Å².